The number of benzene rings is 1. The van der Waals surface area contributed by atoms with Crippen LogP contribution in [0.5, 0.6) is 11.5 Å². The summed E-state index contributed by atoms with van der Waals surface area (Å²) in [5.41, 5.74) is 0.859. The number of anilines is 1. The Hall–Kier alpha value is -2.77. The minimum absolute atomic E-state index is 0.533. The molecule has 0 atom stereocenters. The molecular weight excluding hydrogens is 322 g/mol. The van der Waals surface area contributed by atoms with Gasteiger partial charge in [0.1, 0.15) is 0 Å². The first-order valence-electron chi connectivity index (χ1n) is 8.31. The van der Waals surface area contributed by atoms with Gasteiger partial charge in [-0.2, -0.15) is 4.98 Å². The third kappa shape index (κ3) is 5.66. The molecule has 1 aromatic heterocycles. The fourth-order valence-corrected chi connectivity index (χ4v) is 2.17. The lowest BCUT2D eigenvalue weighted by molar-refractivity contribution is 0.311. The summed E-state index contributed by atoms with van der Waals surface area (Å²) >= 11 is 0. The van der Waals surface area contributed by atoms with Crippen LogP contribution in [0.1, 0.15) is 25.6 Å². The van der Waals surface area contributed by atoms with Gasteiger partial charge in [0.2, 0.25) is 5.89 Å². The molecule has 2 aromatic rings. The average molecular weight is 347 g/mol. The van der Waals surface area contributed by atoms with Crippen LogP contribution in [0.25, 0.3) is 0 Å². The molecule has 8 heteroatoms. The summed E-state index contributed by atoms with van der Waals surface area (Å²) in [7, 11) is 1.62. The van der Waals surface area contributed by atoms with Gasteiger partial charge < -0.3 is 24.6 Å². The highest BCUT2D eigenvalue weighted by atomic mass is 16.5. The van der Waals surface area contributed by atoms with Gasteiger partial charge in [-0.25, -0.2) is 0 Å². The number of aromatic nitrogens is 2. The normalized spacial score (nSPS) is 11.3. The van der Waals surface area contributed by atoms with Gasteiger partial charge in [-0.15, -0.1) is 0 Å². The number of hydrogen-bond donors (Lipinski definition) is 2. The summed E-state index contributed by atoms with van der Waals surface area (Å²) in [4.78, 5) is 8.70. The molecule has 8 nitrogen and oxygen atoms in total. The molecule has 0 saturated carbocycles. The van der Waals surface area contributed by atoms with Gasteiger partial charge in [0.15, 0.2) is 23.3 Å². The van der Waals surface area contributed by atoms with Crippen molar-refractivity contribution in [3.05, 3.63) is 29.9 Å². The standard InChI is InChI=1S/C17H25N5O3/c1-5-18-17(19-10-9-16-20-12(3)22-25-16)21-13-7-8-14(23-4)15(11-13)24-6-2/h7-8,11H,5-6,9-10H2,1-4H3,(H2,18,19,21). The molecule has 0 amide bonds. The number of hydrogen-bond acceptors (Lipinski definition) is 6. The van der Waals surface area contributed by atoms with Crippen LogP contribution in [0.3, 0.4) is 0 Å². The van der Waals surface area contributed by atoms with E-state index in [9.17, 15) is 0 Å². The maximum Gasteiger partial charge on any atom is 0.228 e. The smallest absolute Gasteiger partial charge is 0.228 e. The molecule has 25 heavy (non-hydrogen) atoms. The third-order valence-electron chi connectivity index (χ3n) is 3.24. The third-order valence-corrected chi connectivity index (χ3v) is 3.24. The number of aliphatic imine (C=N–C) groups is 1. The first-order valence-corrected chi connectivity index (χ1v) is 8.31. The van der Waals surface area contributed by atoms with E-state index < -0.39 is 0 Å². The van der Waals surface area contributed by atoms with Crippen LogP contribution < -0.4 is 20.1 Å². The van der Waals surface area contributed by atoms with Crippen LogP contribution >= 0.6 is 0 Å². The van der Waals surface area contributed by atoms with Crippen molar-refractivity contribution in [3.63, 3.8) is 0 Å². The molecule has 0 aliphatic heterocycles. The van der Waals surface area contributed by atoms with E-state index >= 15 is 0 Å². The lowest BCUT2D eigenvalue weighted by atomic mass is 10.2. The van der Waals surface area contributed by atoms with Crippen LogP contribution in [-0.4, -0.2) is 42.9 Å². The Labute approximate surface area is 147 Å². The SMILES string of the molecule is CCNC(=NCCc1nc(C)no1)Nc1ccc(OC)c(OCC)c1. The fraction of sp³-hybridized carbons (Fsp3) is 0.471. The number of nitrogens with zero attached hydrogens (tertiary/aromatic N) is 3. The second kappa shape index (κ2) is 9.51. The monoisotopic (exact) mass is 347 g/mol. The quantitative estimate of drug-likeness (QED) is 0.559. The molecular formula is C17H25N5O3. The number of aryl methyl sites for hydroxylation is 1. The number of ether oxygens (including phenoxy) is 2. The van der Waals surface area contributed by atoms with Crippen molar-refractivity contribution in [2.75, 3.05) is 32.1 Å². The fourth-order valence-electron chi connectivity index (χ4n) is 2.17. The summed E-state index contributed by atoms with van der Waals surface area (Å²) in [6.45, 7) is 7.59. The van der Waals surface area contributed by atoms with Gasteiger partial charge >= 0.3 is 0 Å². The van der Waals surface area contributed by atoms with Crippen molar-refractivity contribution in [3.8, 4) is 11.5 Å². The predicted molar refractivity (Wildman–Crippen MR) is 96.5 cm³/mol. The van der Waals surface area contributed by atoms with Gasteiger partial charge in [-0.05, 0) is 32.9 Å². The Morgan fingerprint density at radius 1 is 1.28 bits per heavy atom. The van der Waals surface area contributed by atoms with Crippen LogP contribution in [0, 0.1) is 6.92 Å². The Bertz CT molecular complexity index is 699. The second-order valence-corrected chi connectivity index (χ2v) is 5.17. The lowest BCUT2D eigenvalue weighted by Crippen LogP contribution is -2.30. The lowest BCUT2D eigenvalue weighted by Gasteiger charge is -2.14. The van der Waals surface area contributed by atoms with Crippen LogP contribution in [0.4, 0.5) is 5.69 Å². The van der Waals surface area contributed by atoms with E-state index in [0.29, 0.717) is 48.7 Å². The second-order valence-electron chi connectivity index (χ2n) is 5.17. The molecule has 0 radical (unpaired) electrons. The summed E-state index contributed by atoms with van der Waals surface area (Å²) < 4.78 is 16.0. The Kier molecular flexibility index (Phi) is 7.06. The van der Waals surface area contributed by atoms with Crippen LogP contribution in [0.2, 0.25) is 0 Å². The van der Waals surface area contributed by atoms with E-state index in [0.717, 1.165) is 12.2 Å². The number of methoxy groups -OCH3 is 1. The molecule has 1 aromatic carbocycles. The number of guanidine groups is 1. The molecule has 0 aliphatic rings. The van der Waals surface area contributed by atoms with Crippen molar-refractivity contribution >= 4 is 11.6 Å². The van der Waals surface area contributed by atoms with Crippen molar-refractivity contribution in [2.45, 2.75) is 27.2 Å². The van der Waals surface area contributed by atoms with Gasteiger partial charge in [0, 0.05) is 24.7 Å². The van der Waals surface area contributed by atoms with Gasteiger partial charge in [-0.3, -0.25) is 4.99 Å². The van der Waals surface area contributed by atoms with E-state index in [-0.39, 0.29) is 0 Å². The summed E-state index contributed by atoms with van der Waals surface area (Å²) in [5.74, 6) is 3.27. The maximum atomic E-state index is 5.60. The molecule has 0 saturated heterocycles. The Morgan fingerprint density at radius 2 is 2.12 bits per heavy atom. The molecule has 136 valence electrons. The zero-order valence-corrected chi connectivity index (χ0v) is 15.1. The Morgan fingerprint density at radius 3 is 2.76 bits per heavy atom. The highest BCUT2D eigenvalue weighted by Crippen LogP contribution is 2.30. The topological polar surface area (TPSA) is 93.8 Å². The molecule has 2 rings (SSSR count). The first-order chi connectivity index (χ1) is 12.2. The van der Waals surface area contributed by atoms with Crippen LogP contribution in [0.15, 0.2) is 27.7 Å². The zero-order chi connectivity index (χ0) is 18.1. The highest BCUT2D eigenvalue weighted by molar-refractivity contribution is 5.93. The minimum atomic E-state index is 0.533. The van der Waals surface area contributed by atoms with Crippen molar-refractivity contribution in [2.24, 2.45) is 4.99 Å². The van der Waals surface area contributed by atoms with Crippen LogP contribution in [-0.2, 0) is 6.42 Å². The minimum Gasteiger partial charge on any atom is -0.493 e. The summed E-state index contributed by atoms with van der Waals surface area (Å²) in [5, 5.41) is 10.2. The molecule has 2 N–H and O–H groups in total. The molecule has 0 fully saturated rings. The molecule has 0 spiro atoms. The predicted octanol–water partition coefficient (Wildman–Crippen LogP) is 2.41. The van der Waals surface area contributed by atoms with E-state index in [2.05, 4.69) is 25.8 Å². The average Bonchev–Trinajstić information content (AvgIpc) is 3.01. The first kappa shape index (κ1) is 18.6. The molecule has 0 bridgehead atoms. The number of nitrogens with one attached hydrogen (secondary N) is 2. The van der Waals surface area contributed by atoms with Crippen molar-refractivity contribution in [1.29, 1.82) is 0 Å². The van der Waals surface area contributed by atoms with Gasteiger partial charge in [0.05, 0.1) is 20.3 Å². The molecule has 1 heterocycles. The largest absolute Gasteiger partial charge is 0.493 e. The zero-order valence-electron chi connectivity index (χ0n) is 15.1. The Balaban J connectivity index is 2.04. The summed E-state index contributed by atoms with van der Waals surface area (Å²) in [6.07, 6.45) is 0.588. The highest BCUT2D eigenvalue weighted by Gasteiger charge is 2.07. The molecule has 0 unspecified atom stereocenters. The van der Waals surface area contributed by atoms with Crippen molar-refractivity contribution < 1.29 is 14.0 Å². The molecule has 0 aliphatic carbocycles. The van der Waals surface area contributed by atoms with E-state index in [1.165, 1.54) is 0 Å². The van der Waals surface area contributed by atoms with E-state index in [4.69, 9.17) is 14.0 Å². The van der Waals surface area contributed by atoms with E-state index in [1.54, 1.807) is 14.0 Å². The number of rotatable bonds is 8. The van der Waals surface area contributed by atoms with Gasteiger partial charge in [0.25, 0.3) is 0 Å². The van der Waals surface area contributed by atoms with Gasteiger partial charge in [-0.1, -0.05) is 5.16 Å². The summed E-state index contributed by atoms with van der Waals surface area (Å²) in [6, 6.07) is 5.66. The van der Waals surface area contributed by atoms with Crippen molar-refractivity contribution in [1.82, 2.24) is 15.5 Å². The maximum absolute atomic E-state index is 5.60. The van der Waals surface area contributed by atoms with E-state index in [1.807, 2.05) is 32.0 Å².